The summed E-state index contributed by atoms with van der Waals surface area (Å²) in [7, 11) is 1.73. The SMILES string of the molecule is Cn1nc(C(C)(C)C)cc1C(=O)NCc1ccc(C(=O)O)s1. The van der Waals surface area contributed by atoms with Crippen molar-refractivity contribution in [1.29, 1.82) is 0 Å². The maximum atomic E-state index is 12.2. The van der Waals surface area contributed by atoms with Crippen LogP contribution in [-0.4, -0.2) is 26.8 Å². The van der Waals surface area contributed by atoms with Gasteiger partial charge in [-0.15, -0.1) is 11.3 Å². The van der Waals surface area contributed by atoms with Gasteiger partial charge in [0, 0.05) is 17.3 Å². The molecule has 2 aromatic rings. The number of rotatable bonds is 4. The molecular formula is C15H19N3O3S. The molecule has 22 heavy (non-hydrogen) atoms. The lowest BCUT2D eigenvalue weighted by Crippen LogP contribution is -2.24. The molecule has 7 heteroatoms. The second-order valence-corrected chi connectivity index (χ2v) is 7.21. The number of amides is 1. The number of aryl methyl sites for hydroxylation is 1. The van der Waals surface area contributed by atoms with Gasteiger partial charge in [0.1, 0.15) is 10.6 Å². The Bertz CT molecular complexity index is 710. The van der Waals surface area contributed by atoms with Gasteiger partial charge in [0.25, 0.3) is 5.91 Å². The first kappa shape index (κ1) is 16.2. The quantitative estimate of drug-likeness (QED) is 0.905. The van der Waals surface area contributed by atoms with Gasteiger partial charge in [-0.05, 0) is 18.2 Å². The first-order valence-electron chi connectivity index (χ1n) is 6.83. The summed E-state index contributed by atoms with van der Waals surface area (Å²) >= 11 is 1.16. The molecule has 0 radical (unpaired) electrons. The van der Waals surface area contributed by atoms with E-state index in [1.165, 1.54) is 6.07 Å². The average molecular weight is 321 g/mol. The molecule has 0 aliphatic carbocycles. The minimum absolute atomic E-state index is 0.125. The number of carbonyl (C=O) groups is 2. The highest BCUT2D eigenvalue weighted by Gasteiger charge is 2.21. The van der Waals surface area contributed by atoms with Gasteiger partial charge in [0.2, 0.25) is 0 Å². The van der Waals surface area contributed by atoms with E-state index in [4.69, 9.17) is 5.11 Å². The number of carboxylic acid groups (broad SMARTS) is 1. The van der Waals surface area contributed by atoms with E-state index in [1.54, 1.807) is 23.9 Å². The van der Waals surface area contributed by atoms with E-state index in [9.17, 15) is 9.59 Å². The number of nitrogens with zero attached hydrogens (tertiary/aromatic N) is 2. The molecule has 6 nitrogen and oxygen atoms in total. The zero-order valence-corrected chi connectivity index (χ0v) is 13.8. The van der Waals surface area contributed by atoms with Crippen LogP contribution in [0.15, 0.2) is 18.2 Å². The van der Waals surface area contributed by atoms with Crippen LogP contribution < -0.4 is 5.32 Å². The van der Waals surface area contributed by atoms with Gasteiger partial charge >= 0.3 is 5.97 Å². The zero-order chi connectivity index (χ0) is 16.5. The third-order valence-corrected chi connectivity index (χ3v) is 4.25. The molecule has 0 atom stereocenters. The third kappa shape index (κ3) is 3.54. The number of hydrogen-bond donors (Lipinski definition) is 2. The van der Waals surface area contributed by atoms with E-state index in [-0.39, 0.29) is 16.2 Å². The average Bonchev–Trinajstić information content (AvgIpc) is 3.01. The van der Waals surface area contributed by atoms with Crippen molar-refractivity contribution in [3.8, 4) is 0 Å². The molecule has 0 bridgehead atoms. The number of carboxylic acids is 1. The molecule has 0 saturated carbocycles. The van der Waals surface area contributed by atoms with Crippen LogP contribution in [0.3, 0.4) is 0 Å². The molecule has 0 aliphatic rings. The van der Waals surface area contributed by atoms with Crippen LogP contribution in [0.4, 0.5) is 0 Å². The van der Waals surface area contributed by atoms with Gasteiger partial charge in [0.15, 0.2) is 0 Å². The summed E-state index contributed by atoms with van der Waals surface area (Å²) in [6.07, 6.45) is 0. The Morgan fingerprint density at radius 1 is 1.36 bits per heavy atom. The molecule has 118 valence electrons. The van der Waals surface area contributed by atoms with E-state index < -0.39 is 5.97 Å². The molecule has 2 heterocycles. The minimum atomic E-state index is -0.955. The van der Waals surface area contributed by atoms with Crippen LogP contribution in [-0.2, 0) is 19.0 Å². The van der Waals surface area contributed by atoms with Crippen molar-refractivity contribution >= 4 is 23.2 Å². The number of nitrogens with one attached hydrogen (secondary N) is 1. The molecule has 0 fully saturated rings. The summed E-state index contributed by atoms with van der Waals surface area (Å²) in [5, 5.41) is 16.0. The van der Waals surface area contributed by atoms with Crippen molar-refractivity contribution in [1.82, 2.24) is 15.1 Å². The smallest absolute Gasteiger partial charge is 0.345 e. The molecule has 0 aliphatic heterocycles. The molecule has 2 rings (SSSR count). The lowest BCUT2D eigenvalue weighted by molar-refractivity contribution is 0.0702. The maximum absolute atomic E-state index is 12.2. The lowest BCUT2D eigenvalue weighted by atomic mass is 9.92. The number of hydrogen-bond acceptors (Lipinski definition) is 4. The highest BCUT2D eigenvalue weighted by atomic mass is 32.1. The van der Waals surface area contributed by atoms with Crippen LogP contribution in [0.25, 0.3) is 0 Å². The first-order chi connectivity index (χ1) is 10.2. The summed E-state index contributed by atoms with van der Waals surface area (Å²) in [5.74, 6) is -1.18. The van der Waals surface area contributed by atoms with Crippen LogP contribution in [0.2, 0.25) is 0 Å². The largest absolute Gasteiger partial charge is 0.477 e. The Morgan fingerprint density at radius 3 is 2.55 bits per heavy atom. The first-order valence-corrected chi connectivity index (χ1v) is 7.65. The van der Waals surface area contributed by atoms with Crippen molar-refractivity contribution in [2.45, 2.75) is 32.7 Å². The highest BCUT2D eigenvalue weighted by Crippen LogP contribution is 2.21. The van der Waals surface area contributed by atoms with Crippen molar-refractivity contribution < 1.29 is 14.7 Å². The highest BCUT2D eigenvalue weighted by molar-refractivity contribution is 7.13. The second kappa shape index (κ2) is 5.92. The predicted molar refractivity (Wildman–Crippen MR) is 84.4 cm³/mol. The fourth-order valence-corrected chi connectivity index (χ4v) is 2.68. The van der Waals surface area contributed by atoms with Crippen molar-refractivity contribution in [2.75, 3.05) is 0 Å². The second-order valence-electron chi connectivity index (χ2n) is 6.04. The van der Waals surface area contributed by atoms with Gasteiger partial charge < -0.3 is 10.4 Å². The minimum Gasteiger partial charge on any atom is -0.477 e. The number of aromatic carboxylic acids is 1. The van der Waals surface area contributed by atoms with E-state index in [2.05, 4.69) is 10.4 Å². The lowest BCUT2D eigenvalue weighted by Gasteiger charge is -2.13. The Morgan fingerprint density at radius 2 is 2.05 bits per heavy atom. The molecular weight excluding hydrogens is 302 g/mol. The Hall–Kier alpha value is -2.15. The monoisotopic (exact) mass is 321 g/mol. The van der Waals surface area contributed by atoms with Crippen LogP contribution in [0.5, 0.6) is 0 Å². The van der Waals surface area contributed by atoms with E-state index >= 15 is 0 Å². The van der Waals surface area contributed by atoms with Crippen molar-refractivity contribution in [3.63, 3.8) is 0 Å². The van der Waals surface area contributed by atoms with Gasteiger partial charge in [0.05, 0.1) is 12.2 Å². The molecule has 0 saturated heterocycles. The molecule has 2 aromatic heterocycles. The molecule has 0 unspecified atom stereocenters. The molecule has 0 aromatic carbocycles. The Kier molecular flexibility index (Phi) is 4.37. The fraction of sp³-hybridized carbons (Fsp3) is 0.400. The number of thiophene rings is 1. The van der Waals surface area contributed by atoms with Crippen LogP contribution in [0.1, 0.15) is 51.5 Å². The standard InChI is InChI=1S/C15H19N3O3S/c1-15(2,3)12-7-10(18(4)17-12)13(19)16-8-9-5-6-11(22-9)14(20)21/h5-7H,8H2,1-4H3,(H,16,19)(H,20,21). The summed E-state index contributed by atoms with van der Waals surface area (Å²) in [6, 6.07) is 5.03. The molecule has 0 spiro atoms. The summed E-state index contributed by atoms with van der Waals surface area (Å²) in [4.78, 5) is 24.1. The Labute approximate surface area is 132 Å². The maximum Gasteiger partial charge on any atom is 0.345 e. The van der Waals surface area contributed by atoms with E-state index in [0.717, 1.165) is 21.9 Å². The fourth-order valence-electron chi connectivity index (χ4n) is 1.89. The van der Waals surface area contributed by atoms with Gasteiger partial charge in [-0.1, -0.05) is 20.8 Å². The van der Waals surface area contributed by atoms with E-state index in [0.29, 0.717) is 12.2 Å². The number of aromatic nitrogens is 2. The molecule has 2 N–H and O–H groups in total. The number of carbonyl (C=O) groups excluding carboxylic acids is 1. The van der Waals surface area contributed by atoms with Crippen LogP contribution >= 0.6 is 11.3 Å². The van der Waals surface area contributed by atoms with Crippen molar-refractivity contribution in [2.24, 2.45) is 7.05 Å². The van der Waals surface area contributed by atoms with Crippen molar-refractivity contribution in [3.05, 3.63) is 39.3 Å². The zero-order valence-electron chi connectivity index (χ0n) is 13.0. The normalized spacial score (nSPS) is 11.5. The van der Waals surface area contributed by atoms with Gasteiger partial charge in [-0.3, -0.25) is 9.48 Å². The van der Waals surface area contributed by atoms with Gasteiger partial charge in [-0.2, -0.15) is 5.10 Å². The van der Waals surface area contributed by atoms with E-state index in [1.807, 2.05) is 20.8 Å². The Balaban J connectivity index is 2.06. The molecule has 1 amide bonds. The van der Waals surface area contributed by atoms with Gasteiger partial charge in [-0.25, -0.2) is 4.79 Å². The summed E-state index contributed by atoms with van der Waals surface area (Å²) in [6.45, 7) is 6.41. The topological polar surface area (TPSA) is 84.2 Å². The van der Waals surface area contributed by atoms with Crippen LogP contribution in [0, 0.1) is 0 Å². The summed E-state index contributed by atoms with van der Waals surface area (Å²) in [5.41, 5.74) is 1.21. The third-order valence-electron chi connectivity index (χ3n) is 3.18. The predicted octanol–water partition coefficient (Wildman–Crippen LogP) is 2.41. The summed E-state index contributed by atoms with van der Waals surface area (Å²) < 4.78 is 1.56.